The van der Waals surface area contributed by atoms with Crippen molar-refractivity contribution in [2.45, 2.75) is 32.6 Å². The highest BCUT2D eigenvalue weighted by Gasteiger charge is 2.44. The lowest BCUT2D eigenvalue weighted by Crippen LogP contribution is -2.42. The van der Waals surface area contributed by atoms with E-state index in [2.05, 4.69) is 0 Å². The molecule has 0 aliphatic carbocycles. The summed E-state index contributed by atoms with van der Waals surface area (Å²) < 4.78 is 5.44. The van der Waals surface area contributed by atoms with Gasteiger partial charge in [0.15, 0.2) is 0 Å². The normalized spacial score (nSPS) is 18.9. The molecule has 2 amide bonds. The molecule has 1 aliphatic rings. The lowest BCUT2D eigenvalue weighted by molar-refractivity contribution is -0.132. The molecule has 2 aromatic carbocycles. The van der Waals surface area contributed by atoms with Crippen molar-refractivity contribution >= 4 is 11.8 Å². The minimum atomic E-state index is -0.685. The van der Waals surface area contributed by atoms with Gasteiger partial charge >= 0.3 is 0 Å². The van der Waals surface area contributed by atoms with Gasteiger partial charge in [0, 0.05) is 25.1 Å². The van der Waals surface area contributed by atoms with Gasteiger partial charge < -0.3 is 15.4 Å². The molecule has 1 fully saturated rings. The van der Waals surface area contributed by atoms with Crippen molar-refractivity contribution in [3.8, 4) is 16.9 Å². The zero-order valence-corrected chi connectivity index (χ0v) is 16.6. The first-order valence-electron chi connectivity index (χ1n) is 9.79. The first-order valence-corrected chi connectivity index (χ1v) is 9.79. The van der Waals surface area contributed by atoms with Gasteiger partial charge in [0.2, 0.25) is 11.8 Å². The van der Waals surface area contributed by atoms with Crippen LogP contribution in [-0.4, -0.2) is 36.9 Å². The number of hydrogen-bond acceptors (Lipinski definition) is 3. The minimum absolute atomic E-state index is 0.108. The lowest BCUT2D eigenvalue weighted by atomic mass is 9.80. The molecule has 0 bridgehead atoms. The number of rotatable bonds is 7. The largest absolute Gasteiger partial charge is 0.496 e. The number of likely N-dealkylation sites (tertiary alicyclic amines) is 1. The summed E-state index contributed by atoms with van der Waals surface area (Å²) in [4.78, 5) is 26.3. The van der Waals surface area contributed by atoms with Crippen LogP contribution in [0.3, 0.4) is 0 Å². The fraction of sp³-hybridized carbons (Fsp3) is 0.391. The van der Waals surface area contributed by atoms with E-state index >= 15 is 0 Å². The van der Waals surface area contributed by atoms with Gasteiger partial charge in [-0.25, -0.2) is 0 Å². The lowest BCUT2D eigenvalue weighted by Gasteiger charge is -2.26. The van der Waals surface area contributed by atoms with Crippen molar-refractivity contribution in [1.29, 1.82) is 0 Å². The summed E-state index contributed by atoms with van der Waals surface area (Å²) in [6.07, 6.45) is 2.49. The van der Waals surface area contributed by atoms with Gasteiger partial charge in [-0.05, 0) is 36.5 Å². The van der Waals surface area contributed by atoms with Crippen LogP contribution >= 0.6 is 0 Å². The van der Waals surface area contributed by atoms with Crippen molar-refractivity contribution < 1.29 is 14.3 Å². The van der Waals surface area contributed by atoms with Crippen molar-refractivity contribution in [2.75, 3.05) is 20.2 Å². The maximum Gasteiger partial charge on any atom is 0.225 e. The summed E-state index contributed by atoms with van der Waals surface area (Å²) in [7, 11) is 1.66. The monoisotopic (exact) mass is 380 g/mol. The highest BCUT2D eigenvalue weighted by Crippen LogP contribution is 2.36. The van der Waals surface area contributed by atoms with Crippen LogP contribution in [0.25, 0.3) is 11.1 Å². The molecule has 1 saturated heterocycles. The van der Waals surface area contributed by atoms with Gasteiger partial charge in [-0.3, -0.25) is 9.59 Å². The number of benzene rings is 2. The average Bonchev–Trinajstić information content (AvgIpc) is 3.14. The van der Waals surface area contributed by atoms with Crippen LogP contribution in [0.15, 0.2) is 48.5 Å². The number of nitrogens with zero attached hydrogens (tertiary/aromatic N) is 1. The van der Waals surface area contributed by atoms with E-state index < -0.39 is 5.41 Å². The predicted molar refractivity (Wildman–Crippen MR) is 110 cm³/mol. The second-order valence-electron chi connectivity index (χ2n) is 7.53. The molecule has 1 atom stereocenters. The summed E-state index contributed by atoms with van der Waals surface area (Å²) >= 11 is 0. The molecule has 1 unspecified atom stereocenters. The fourth-order valence-corrected chi connectivity index (χ4v) is 3.97. The summed E-state index contributed by atoms with van der Waals surface area (Å²) in [5, 5.41) is 0. The highest BCUT2D eigenvalue weighted by molar-refractivity contribution is 5.84. The summed E-state index contributed by atoms with van der Waals surface area (Å²) in [5.74, 6) is 0.606. The Balaban J connectivity index is 1.78. The van der Waals surface area contributed by atoms with Crippen molar-refractivity contribution in [3.63, 3.8) is 0 Å². The van der Waals surface area contributed by atoms with E-state index in [4.69, 9.17) is 10.5 Å². The third kappa shape index (κ3) is 4.03. The van der Waals surface area contributed by atoms with E-state index in [9.17, 15) is 9.59 Å². The third-order valence-electron chi connectivity index (χ3n) is 5.61. The van der Waals surface area contributed by atoms with Crippen LogP contribution < -0.4 is 10.5 Å². The number of carbonyl (C=O) groups is 2. The average molecular weight is 380 g/mol. The van der Waals surface area contributed by atoms with E-state index in [1.807, 2.05) is 55.5 Å². The molecule has 0 saturated carbocycles. The maximum atomic E-state index is 12.3. The number of methoxy groups -OCH3 is 1. The number of carbonyl (C=O) groups excluding carboxylic acids is 2. The van der Waals surface area contributed by atoms with E-state index in [0.29, 0.717) is 32.4 Å². The van der Waals surface area contributed by atoms with Gasteiger partial charge in [0.05, 0.1) is 12.5 Å². The molecule has 2 aromatic rings. The van der Waals surface area contributed by atoms with Gasteiger partial charge in [-0.2, -0.15) is 0 Å². The standard InChI is InChI=1S/C23H28N2O3/c1-3-6-21(26)25-14-13-23(16-25,22(24)27)15-17-9-11-18(12-10-17)19-7-4-5-8-20(19)28-2/h4-5,7-12H,3,6,13-16H2,1-2H3,(H2,24,27). The van der Waals surface area contributed by atoms with Crippen LogP contribution in [-0.2, 0) is 16.0 Å². The van der Waals surface area contributed by atoms with Crippen LogP contribution in [0.4, 0.5) is 0 Å². The number of amides is 2. The summed E-state index contributed by atoms with van der Waals surface area (Å²) in [5.41, 5.74) is 8.22. The van der Waals surface area contributed by atoms with Crippen molar-refractivity contribution in [1.82, 2.24) is 4.90 Å². The van der Waals surface area contributed by atoms with Crippen LogP contribution in [0.1, 0.15) is 31.7 Å². The first kappa shape index (κ1) is 19.9. The third-order valence-corrected chi connectivity index (χ3v) is 5.61. The minimum Gasteiger partial charge on any atom is -0.496 e. The highest BCUT2D eigenvalue weighted by atomic mass is 16.5. The number of nitrogens with two attached hydrogens (primary N) is 1. The molecule has 148 valence electrons. The number of para-hydroxylation sites is 1. The maximum absolute atomic E-state index is 12.3. The smallest absolute Gasteiger partial charge is 0.225 e. The second-order valence-corrected chi connectivity index (χ2v) is 7.53. The van der Waals surface area contributed by atoms with Gasteiger partial charge in [-0.15, -0.1) is 0 Å². The van der Waals surface area contributed by atoms with Crippen LogP contribution in [0.2, 0.25) is 0 Å². The Morgan fingerprint density at radius 2 is 1.86 bits per heavy atom. The number of primary amides is 1. The quantitative estimate of drug-likeness (QED) is 0.800. The molecule has 2 N–H and O–H groups in total. The first-order chi connectivity index (χ1) is 13.5. The molecule has 0 spiro atoms. The Hall–Kier alpha value is -2.82. The fourth-order valence-electron chi connectivity index (χ4n) is 3.97. The Morgan fingerprint density at radius 1 is 1.14 bits per heavy atom. The summed E-state index contributed by atoms with van der Waals surface area (Å²) in [6.45, 7) is 3.00. The van der Waals surface area contributed by atoms with E-state index in [1.54, 1.807) is 12.0 Å². The Kier molecular flexibility index (Phi) is 6.02. The van der Waals surface area contributed by atoms with Crippen molar-refractivity contribution in [3.05, 3.63) is 54.1 Å². The Labute approximate surface area is 166 Å². The Bertz CT molecular complexity index is 847. The second kappa shape index (κ2) is 8.46. The van der Waals surface area contributed by atoms with Gasteiger partial charge in [-0.1, -0.05) is 49.4 Å². The molecule has 28 heavy (non-hydrogen) atoms. The molecule has 1 aliphatic heterocycles. The topological polar surface area (TPSA) is 72.6 Å². The molecule has 3 rings (SSSR count). The Morgan fingerprint density at radius 3 is 2.50 bits per heavy atom. The van der Waals surface area contributed by atoms with Crippen LogP contribution in [0.5, 0.6) is 5.75 Å². The molecular weight excluding hydrogens is 352 g/mol. The molecule has 5 heteroatoms. The van der Waals surface area contributed by atoms with Crippen LogP contribution in [0, 0.1) is 5.41 Å². The molecule has 0 aromatic heterocycles. The van der Waals surface area contributed by atoms with Gasteiger partial charge in [0.25, 0.3) is 0 Å². The van der Waals surface area contributed by atoms with E-state index in [0.717, 1.165) is 28.9 Å². The van der Waals surface area contributed by atoms with E-state index in [-0.39, 0.29) is 11.8 Å². The molecule has 1 heterocycles. The molecule has 5 nitrogen and oxygen atoms in total. The molecule has 0 radical (unpaired) electrons. The number of hydrogen-bond donors (Lipinski definition) is 1. The summed E-state index contributed by atoms with van der Waals surface area (Å²) in [6, 6.07) is 16.0. The zero-order chi connectivity index (χ0) is 20.1. The van der Waals surface area contributed by atoms with Crippen molar-refractivity contribution in [2.24, 2.45) is 11.1 Å². The zero-order valence-electron chi connectivity index (χ0n) is 16.6. The van der Waals surface area contributed by atoms with E-state index in [1.165, 1.54) is 0 Å². The molecular formula is C23H28N2O3. The van der Waals surface area contributed by atoms with Gasteiger partial charge in [0.1, 0.15) is 5.75 Å². The predicted octanol–water partition coefficient (Wildman–Crippen LogP) is 3.41. The number of ether oxygens (including phenoxy) is 1. The SMILES string of the molecule is CCCC(=O)N1CCC(Cc2ccc(-c3ccccc3OC)cc2)(C(N)=O)C1.